The maximum absolute atomic E-state index is 13.4. The van der Waals surface area contributed by atoms with Gasteiger partial charge >= 0.3 is 0 Å². The number of rotatable bonds is 29. The van der Waals surface area contributed by atoms with Crippen molar-refractivity contribution >= 4 is 74.0 Å². The summed E-state index contributed by atoms with van der Waals surface area (Å²) in [5, 5.41) is 34.2. The second-order valence-corrected chi connectivity index (χ2v) is 24.5. The monoisotopic (exact) mass is 1190 g/mol. The minimum atomic E-state index is -4.56. The van der Waals surface area contributed by atoms with Gasteiger partial charge in [-0.1, -0.05) is 82.7 Å². The number of carbonyl (C=O) groups is 6. The highest BCUT2D eigenvalue weighted by Gasteiger charge is 2.46. The van der Waals surface area contributed by atoms with Crippen LogP contribution in [0.2, 0.25) is 0 Å². The van der Waals surface area contributed by atoms with Gasteiger partial charge in [0.1, 0.15) is 18.1 Å². The Morgan fingerprint density at radius 2 is 1.49 bits per heavy atom. The molecule has 1 saturated heterocycles. The molecule has 1 fully saturated rings. The summed E-state index contributed by atoms with van der Waals surface area (Å²) in [7, 11) is -4.56. The molecule has 0 aliphatic carbocycles. The number of hydrogen-bond acceptors (Lipinski definition) is 13. The fraction of sp³-hybridized carbons (Fsp3) is 0.459. The normalized spacial score (nSPS) is 17.4. The molecule has 0 spiro atoms. The molecular weight excluding hydrogens is 1110 g/mol. The number of allylic oxidation sites excluding steroid dienone is 8. The van der Waals surface area contributed by atoms with Gasteiger partial charge in [-0.25, -0.2) is 0 Å². The summed E-state index contributed by atoms with van der Waals surface area (Å²) >= 11 is 0. The number of benzene rings is 3. The zero-order chi connectivity index (χ0) is 62.4. The van der Waals surface area contributed by atoms with Crippen molar-refractivity contribution in [1.29, 1.82) is 0 Å². The first-order valence-corrected chi connectivity index (χ1v) is 30.0. The fourth-order valence-corrected chi connectivity index (χ4v) is 11.8. The third-order valence-electron chi connectivity index (χ3n) is 15.5. The van der Waals surface area contributed by atoms with Gasteiger partial charge < -0.3 is 36.8 Å². The molecule has 3 aromatic carbocycles. The van der Waals surface area contributed by atoms with Crippen LogP contribution in [-0.4, -0.2) is 118 Å². The number of anilines is 1. The van der Waals surface area contributed by atoms with E-state index in [-0.39, 0.29) is 52.5 Å². The average molecular weight is 1190 g/mol. The van der Waals surface area contributed by atoms with Crippen LogP contribution in [0.3, 0.4) is 0 Å². The predicted octanol–water partition coefficient (Wildman–Crippen LogP) is 7.15. The zero-order valence-electron chi connectivity index (χ0n) is 49.3. The van der Waals surface area contributed by atoms with Crippen molar-refractivity contribution in [2.24, 2.45) is 11.7 Å². The number of unbranched alkanes of at least 4 members (excludes halogenated alkanes) is 3. The minimum Gasteiger partial charge on any atom is -0.368 e. The lowest BCUT2D eigenvalue weighted by Gasteiger charge is -2.29. The van der Waals surface area contributed by atoms with Crippen LogP contribution in [-0.2, 0) is 56.3 Å². The molecule has 3 atom stereocenters. The number of nitrogens with zero attached hydrogens (tertiary/aromatic N) is 5. The Hall–Kier alpha value is -8.38. The molecule has 0 radical (unpaired) electrons. The number of nitro benzene ring substituents is 2. The highest BCUT2D eigenvalue weighted by molar-refractivity contribution is 7.85. The smallest absolute Gasteiger partial charge is 0.294 e. The molecule has 3 unspecified atom stereocenters. The maximum Gasteiger partial charge on any atom is 0.294 e. The van der Waals surface area contributed by atoms with Gasteiger partial charge in [-0.05, 0) is 101 Å². The van der Waals surface area contributed by atoms with Gasteiger partial charge in [0.2, 0.25) is 41.1 Å². The van der Waals surface area contributed by atoms with Crippen molar-refractivity contribution in [1.82, 2.24) is 26.2 Å². The number of fused-ring (bicyclic) bond motifs is 2. The quantitative estimate of drug-likeness (QED) is 0.0100. The van der Waals surface area contributed by atoms with Crippen LogP contribution < -0.4 is 31.9 Å². The second-order valence-electron chi connectivity index (χ2n) is 23.1. The molecule has 0 aromatic heterocycles. The standard InChI is InChI=1S/C61H78N10O13S/c1-40(2)33-49(65-41(3)72)59(77)68-32-20-24-52(68)58(76)64-38-56(74)66-48(57(62)75)22-17-18-30-63-55(73)27-14-11-19-31-67-50-23-16-15-21-46(50)60(4,5)53(67)25-12-9-8-10-13-26-54-61(6,7)47-37-45(85(82,83)84)28-29-51(47)69(54)39-42-34-43(70(78)79)36-44(35-42)71(80)81/h8-10,12-13,15-16,21,23,25-26,28-29,34-37,40,48-49,52H,11,14,17-20,22,24,27,30-33,38-39H2,1-7H3,(H6-,62,63,64,65,66,72,73,74,75,76,82,83,84)/p+1. The van der Waals surface area contributed by atoms with Crippen molar-refractivity contribution in [3.8, 4) is 0 Å². The van der Waals surface area contributed by atoms with Gasteiger partial charge in [0.05, 0.1) is 32.8 Å². The number of likely N-dealkylation sites (tertiary alicyclic amines) is 1. The van der Waals surface area contributed by atoms with E-state index in [1.165, 1.54) is 47.7 Å². The Morgan fingerprint density at radius 3 is 2.15 bits per heavy atom. The van der Waals surface area contributed by atoms with Crippen LogP contribution in [0.4, 0.5) is 22.7 Å². The van der Waals surface area contributed by atoms with Gasteiger partial charge in [-0.3, -0.25) is 53.5 Å². The van der Waals surface area contributed by atoms with Crippen molar-refractivity contribution in [3.63, 3.8) is 0 Å². The van der Waals surface area contributed by atoms with Crippen molar-refractivity contribution < 1.29 is 56.2 Å². The molecule has 3 heterocycles. The van der Waals surface area contributed by atoms with Crippen molar-refractivity contribution in [3.05, 3.63) is 146 Å². The van der Waals surface area contributed by atoms with Crippen molar-refractivity contribution in [2.75, 3.05) is 31.1 Å². The van der Waals surface area contributed by atoms with E-state index in [1.54, 1.807) is 6.08 Å². The Kier molecular flexibility index (Phi) is 22.4. The van der Waals surface area contributed by atoms with E-state index in [9.17, 15) is 62.0 Å². The van der Waals surface area contributed by atoms with E-state index < -0.39 is 79.1 Å². The van der Waals surface area contributed by atoms with E-state index in [2.05, 4.69) is 58.2 Å². The van der Waals surface area contributed by atoms with Crippen LogP contribution in [0.1, 0.15) is 129 Å². The summed E-state index contributed by atoms with van der Waals surface area (Å²) < 4.78 is 36.0. The lowest BCUT2D eigenvalue weighted by molar-refractivity contribution is -0.455. The molecule has 85 heavy (non-hydrogen) atoms. The summed E-state index contributed by atoms with van der Waals surface area (Å²) in [5.41, 5.74) is 9.00. The first-order valence-electron chi connectivity index (χ1n) is 28.6. The predicted molar refractivity (Wildman–Crippen MR) is 321 cm³/mol. The number of carbonyl (C=O) groups excluding carboxylic acids is 6. The SMILES string of the molecule is CC(=O)NC(CC(C)C)C(=O)N1CCCC1C(=O)NCC(=O)NC(CCCCNC(=O)CCCCCN1/C(=C/C=C/C=C/C=C/C2=[N+](Cc3cc([N+](=O)[O-])cc([N+](=O)[O-])c3)c3ccc(S(=O)(=O)O)cc3C2(C)C)C(C)(C)c2ccccc21)C(N)=O. The van der Waals surface area contributed by atoms with Crippen LogP contribution in [0.15, 0.2) is 114 Å². The Bertz CT molecular complexity index is 3300. The summed E-state index contributed by atoms with van der Waals surface area (Å²) in [6, 6.07) is 13.3. The number of nitrogens with two attached hydrogens (primary N) is 1. The number of para-hydroxylation sites is 1. The number of nitro groups is 2. The Labute approximate surface area is 496 Å². The molecule has 24 heteroatoms. The van der Waals surface area contributed by atoms with Crippen LogP contribution in [0.5, 0.6) is 0 Å². The minimum absolute atomic E-state index is 0.0216. The summed E-state index contributed by atoms with van der Waals surface area (Å²) in [6.45, 7) is 14.3. The van der Waals surface area contributed by atoms with Crippen LogP contribution in [0, 0.1) is 26.1 Å². The van der Waals surface area contributed by atoms with E-state index in [0.717, 1.165) is 30.3 Å². The van der Waals surface area contributed by atoms with E-state index in [4.69, 9.17) is 5.73 Å². The summed E-state index contributed by atoms with van der Waals surface area (Å²) in [6.07, 6.45) is 18.5. The fourth-order valence-electron chi connectivity index (χ4n) is 11.3. The lowest BCUT2D eigenvalue weighted by Crippen LogP contribution is -2.54. The number of non-ortho nitro benzene ring substituents is 2. The Balaban J connectivity index is 0.978. The molecular formula is C61H79N10O13S+. The molecule has 3 aliphatic rings. The molecule has 3 aromatic rings. The first-order chi connectivity index (χ1) is 40.1. The topological polar surface area (TPSA) is 327 Å². The molecule has 3 aliphatic heterocycles. The average Bonchev–Trinajstić information content (AvgIpc) is 1.83. The third kappa shape index (κ3) is 17.1. The van der Waals surface area contributed by atoms with E-state index in [1.807, 2.05) is 74.8 Å². The second kappa shape index (κ2) is 28.9. The molecule has 23 nitrogen and oxygen atoms in total. The summed E-state index contributed by atoms with van der Waals surface area (Å²) in [4.78, 5) is 102. The number of nitrogens with one attached hydrogen (secondary N) is 4. The highest BCUT2D eigenvalue weighted by Crippen LogP contribution is 2.48. The zero-order valence-corrected chi connectivity index (χ0v) is 50.1. The molecule has 6 amide bonds. The number of primary amides is 1. The number of amides is 6. The lowest BCUT2D eigenvalue weighted by atomic mass is 9.81. The van der Waals surface area contributed by atoms with Gasteiger partial charge in [0.25, 0.3) is 21.5 Å². The van der Waals surface area contributed by atoms with Gasteiger partial charge in [0.15, 0.2) is 12.3 Å². The van der Waals surface area contributed by atoms with Crippen molar-refractivity contribution in [2.45, 2.75) is 153 Å². The molecule has 456 valence electrons. The first kappa shape index (κ1) is 65.8. The van der Waals surface area contributed by atoms with Crippen LogP contribution >= 0.6 is 0 Å². The number of hydrogen-bond donors (Lipinski definition) is 6. The molecule has 6 rings (SSSR count). The Morgan fingerprint density at radius 1 is 0.812 bits per heavy atom. The van der Waals surface area contributed by atoms with Gasteiger partial charge in [-0.2, -0.15) is 13.0 Å². The third-order valence-corrected chi connectivity index (χ3v) is 16.3. The van der Waals surface area contributed by atoms with Crippen LogP contribution in [0.25, 0.3) is 0 Å². The molecule has 0 saturated carbocycles. The van der Waals surface area contributed by atoms with E-state index >= 15 is 0 Å². The summed E-state index contributed by atoms with van der Waals surface area (Å²) in [5.74, 6) is -2.53. The molecule has 7 N–H and O–H groups in total. The molecule has 0 bridgehead atoms. The largest absolute Gasteiger partial charge is 0.368 e. The maximum atomic E-state index is 13.4. The van der Waals surface area contributed by atoms with Gasteiger partial charge in [0, 0.05) is 85.2 Å². The van der Waals surface area contributed by atoms with Gasteiger partial charge in [-0.15, -0.1) is 0 Å². The van der Waals surface area contributed by atoms with E-state index in [0.29, 0.717) is 81.5 Å². The highest BCUT2D eigenvalue weighted by atomic mass is 32.2.